The topological polar surface area (TPSA) is 9.23 Å². The van der Waals surface area contributed by atoms with Gasteiger partial charge in [-0.25, -0.2) is 0 Å². The van der Waals surface area contributed by atoms with Crippen molar-refractivity contribution in [2.75, 3.05) is 0 Å². The average Bonchev–Trinajstić information content (AvgIpc) is 2.31. The molecule has 0 N–H and O–H groups in total. The van der Waals surface area contributed by atoms with Crippen molar-refractivity contribution in [2.24, 2.45) is 0 Å². The summed E-state index contributed by atoms with van der Waals surface area (Å²) in [6, 6.07) is 0. The Labute approximate surface area is 140 Å². The summed E-state index contributed by atoms with van der Waals surface area (Å²) in [6.45, 7) is 10.4. The fourth-order valence-corrected chi connectivity index (χ4v) is 2.06. The van der Waals surface area contributed by atoms with E-state index in [-0.39, 0.29) is 30.4 Å². The third-order valence-corrected chi connectivity index (χ3v) is 3.79. The van der Waals surface area contributed by atoms with Gasteiger partial charge in [0.1, 0.15) is 0 Å². The summed E-state index contributed by atoms with van der Waals surface area (Å²) < 4.78 is 5.74. The maximum Gasteiger partial charge on any atom is -0.147 e. The molecule has 0 saturated heterocycles. The van der Waals surface area contributed by atoms with Crippen LogP contribution in [0.15, 0.2) is 47.6 Å². The quantitative estimate of drug-likeness (QED) is 0.612. The van der Waals surface area contributed by atoms with Crippen LogP contribution in [0.5, 0.6) is 0 Å². The molecule has 0 fully saturated rings. The van der Waals surface area contributed by atoms with E-state index in [1.165, 1.54) is 11.1 Å². The molecule has 0 amide bonds. The molecule has 0 aliphatic heterocycles. The fraction of sp³-hybridized carbons (Fsp3) is 0.429. The molecule has 0 aliphatic rings. The van der Waals surface area contributed by atoms with Crippen LogP contribution < -0.4 is 0 Å². The van der Waals surface area contributed by atoms with E-state index in [1.54, 1.807) is 0 Å². The number of hydrogen-bond donors (Lipinski definition) is 0. The fourth-order valence-electron chi connectivity index (χ4n) is 1.27. The smallest absolute Gasteiger partial charge is 0.147 e. The minimum Gasteiger partial charge on any atom is -0.147 e. The van der Waals surface area contributed by atoms with Gasteiger partial charge >= 0.3 is 116 Å². The van der Waals surface area contributed by atoms with E-state index < -0.39 is 0 Å². The van der Waals surface area contributed by atoms with Gasteiger partial charge in [0, 0.05) is 0 Å². The maximum absolute atomic E-state index is 5.74. The molecule has 0 saturated carbocycles. The van der Waals surface area contributed by atoms with E-state index in [1.807, 2.05) is 38.2 Å². The molecule has 4 heteroatoms. The van der Waals surface area contributed by atoms with Crippen molar-refractivity contribution in [3.63, 3.8) is 0 Å². The van der Waals surface area contributed by atoms with E-state index in [2.05, 4.69) is 32.9 Å². The third kappa shape index (κ3) is 7.09. The van der Waals surface area contributed by atoms with Crippen LogP contribution in [0.4, 0.5) is 0 Å². The molecule has 103 valence electrons. The van der Waals surface area contributed by atoms with Crippen LogP contribution in [-0.2, 0) is 28.0 Å². The van der Waals surface area contributed by atoms with Crippen LogP contribution in [0.1, 0.15) is 34.6 Å². The molecular formula is C14H23Cl2OZr. The zero-order valence-electron chi connectivity index (χ0n) is 11.7. The molecule has 0 heterocycles. The predicted octanol–water partition coefficient (Wildman–Crippen LogP) is 5.11. The molecule has 0 aliphatic carbocycles. The normalized spacial score (nSPS) is 16.2. The van der Waals surface area contributed by atoms with Gasteiger partial charge in [0.2, 0.25) is 0 Å². The predicted molar refractivity (Wildman–Crippen MR) is 81.1 cm³/mol. The standard InChI is InChI=1S/C14H21O.2ClH.Zr/c1-6-8-10-12(3)14(5,15)13(4)11-9-7-2;;;/h6-11H,1-5H3;2*1H;/q-1;;;+1. The first kappa shape index (κ1) is 23.5. The molecule has 0 atom stereocenters. The number of rotatable bonds is 5. The van der Waals surface area contributed by atoms with E-state index in [0.717, 1.165) is 25.2 Å². The summed E-state index contributed by atoms with van der Waals surface area (Å²) in [5.74, 6) is 0. The van der Waals surface area contributed by atoms with Gasteiger partial charge in [0.25, 0.3) is 0 Å². The molecule has 1 nitrogen and oxygen atoms in total. The van der Waals surface area contributed by atoms with Crippen LogP contribution in [0.2, 0.25) is 0 Å². The van der Waals surface area contributed by atoms with Crippen LogP contribution >= 0.6 is 24.8 Å². The van der Waals surface area contributed by atoms with Crippen molar-refractivity contribution in [2.45, 2.75) is 40.2 Å². The monoisotopic (exact) mass is 367 g/mol. The molecule has 18 heavy (non-hydrogen) atoms. The molecular weight excluding hydrogens is 346 g/mol. The van der Waals surface area contributed by atoms with Gasteiger partial charge in [-0.05, 0) is 0 Å². The minimum absolute atomic E-state index is 0. The number of halogens is 2. The Morgan fingerprint density at radius 3 is 1.50 bits per heavy atom. The number of allylic oxidation sites excluding steroid dienone is 6. The molecule has 0 bridgehead atoms. The zero-order chi connectivity index (χ0) is 12.6. The molecule has 0 spiro atoms. The Morgan fingerprint density at radius 2 is 1.28 bits per heavy atom. The second-order valence-electron chi connectivity index (χ2n) is 3.89. The van der Waals surface area contributed by atoms with Crippen molar-refractivity contribution in [1.82, 2.24) is 0 Å². The van der Waals surface area contributed by atoms with Crippen LogP contribution in [0, 0.1) is 0 Å². The van der Waals surface area contributed by atoms with Gasteiger partial charge < -0.3 is 0 Å². The second kappa shape index (κ2) is 12.4. The Bertz CT molecular complexity index is 303. The van der Waals surface area contributed by atoms with Crippen LogP contribution in [0.3, 0.4) is 0 Å². The minimum atomic E-state index is -0.280. The first-order chi connectivity index (χ1) is 7.52. The Kier molecular flexibility index (Phi) is 16.2. The molecule has 0 unspecified atom stereocenters. The second-order valence-corrected chi connectivity index (χ2v) is 4.39. The van der Waals surface area contributed by atoms with Crippen molar-refractivity contribution in [1.29, 1.82) is 0 Å². The largest absolute Gasteiger partial charge is 0.147 e. The first-order valence-corrected chi connectivity index (χ1v) is 6.48. The molecule has 0 aromatic heterocycles. The average molecular weight is 369 g/mol. The van der Waals surface area contributed by atoms with Crippen LogP contribution in [0.25, 0.3) is 0 Å². The Hall–Kier alpha value is 0.383. The number of hydrogen-bond acceptors (Lipinski definition) is 1. The van der Waals surface area contributed by atoms with Gasteiger partial charge in [-0.1, -0.05) is 0 Å². The molecule has 0 aromatic rings. The first-order valence-electron chi connectivity index (χ1n) is 5.47. The summed E-state index contributed by atoms with van der Waals surface area (Å²) >= 11 is 1.09. The molecule has 0 radical (unpaired) electrons. The summed E-state index contributed by atoms with van der Waals surface area (Å²) in [5, 5.41) is 0. The van der Waals surface area contributed by atoms with E-state index in [4.69, 9.17) is 2.81 Å². The van der Waals surface area contributed by atoms with Gasteiger partial charge in [-0.2, -0.15) is 0 Å². The molecule has 0 rings (SSSR count). The van der Waals surface area contributed by atoms with E-state index >= 15 is 0 Å². The summed E-state index contributed by atoms with van der Waals surface area (Å²) in [5.41, 5.74) is 2.17. The zero-order valence-corrected chi connectivity index (χ0v) is 15.8. The van der Waals surface area contributed by atoms with Crippen molar-refractivity contribution >= 4 is 24.8 Å². The summed E-state index contributed by atoms with van der Waals surface area (Å²) in [7, 11) is 0. The van der Waals surface area contributed by atoms with Gasteiger partial charge in [-0.3, -0.25) is 0 Å². The van der Waals surface area contributed by atoms with Gasteiger partial charge in [-0.15, -0.1) is 24.8 Å². The van der Waals surface area contributed by atoms with E-state index in [9.17, 15) is 0 Å². The van der Waals surface area contributed by atoms with E-state index in [0.29, 0.717) is 0 Å². The molecule has 0 aromatic carbocycles. The van der Waals surface area contributed by atoms with Crippen molar-refractivity contribution in [3.05, 3.63) is 47.6 Å². The summed E-state index contributed by atoms with van der Waals surface area (Å²) in [6.07, 6.45) is 12.4. The van der Waals surface area contributed by atoms with Crippen LogP contribution in [-0.4, -0.2) is 5.60 Å². The van der Waals surface area contributed by atoms with Crippen molar-refractivity contribution in [3.8, 4) is 0 Å². The van der Waals surface area contributed by atoms with Gasteiger partial charge in [0.15, 0.2) is 0 Å². The van der Waals surface area contributed by atoms with Gasteiger partial charge in [0.05, 0.1) is 0 Å². The summed E-state index contributed by atoms with van der Waals surface area (Å²) in [4.78, 5) is 0. The maximum atomic E-state index is 5.74. The van der Waals surface area contributed by atoms with Crippen molar-refractivity contribution < 1.29 is 28.0 Å². The Morgan fingerprint density at radius 1 is 0.944 bits per heavy atom. The Balaban J connectivity index is -0.00000112. The third-order valence-electron chi connectivity index (χ3n) is 2.79. The SMILES string of the molecule is CC=CC=C(C)C(C)([O][Zr])C(C)=CC=CC.Cl.Cl.